The Labute approximate surface area is 86.9 Å². The second kappa shape index (κ2) is 3.86. The first-order valence-electron chi connectivity index (χ1n) is 4.90. The van der Waals surface area contributed by atoms with Gasteiger partial charge in [0.2, 0.25) is 11.5 Å². The third-order valence-electron chi connectivity index (χ3n) is 2.62. The predicted octanol–water partition coefficient (Wildman–Crippen LogP) is -0.313. The van der Waals surface area contributed by atoms with Gasteiger partial charge in [0.15, 0.2) is 0 Å². The van der Waals surface area contributed by atoms with Gasteiger partial charge >= 0.3 is 0 Å². The molecule has 0 saturated carbocycles. The van der Waals surface area contributed by atoms with E-state index in [0.29, 0.717) is 19.5 Å². The van der Waals surface area contributed by atoms with Crippen molar-refractivity contribution >= 4 is 11.6 Å². The van der Waals surface area contributed by atoms with E-state index >= 15 is 0 Å². The number of H-pyrrole nitrogens is 1. The molecule has 1 saturated heterocycles. The van der Waals surface area contributed by atoms with Gasteiger partial charge < -0.3 is 15.6 Å². The largest absolute Gasteiger partial charge is 0.330 e. The Bertz CT molecular complexity index is 406. The summed E-state index contributed by atoms with van der Waals surface area (Å²) in [6.45, 7) is 1.16. The molecule has 5 nitrogen and oxygen atoms in total. The van der Waals surface area contributed by atoms with Crippen molar-refractivity contribution in [2.24, 2.45) is 11.7 Å². The fourth-order valence-corrected chi connectivity index (χ4v) is 1.76. The average Bonchev–Trinajstić information content (AvgIpc) is 2.61. The summed E-state index contributed by atoms with van der Waals surface area (Å²) in [5.41, 5.74) is 6.09. The summed E-state index contributed by atoms with van der Waals surface area (Å²) < 4.78 is 0. The number of carbonyl (C=O) groups is 1. The lowest BCUT2D eigenvalue weighted by Crippen LogP contribution is -2.26. The van der Waals surface area contributed by atoms with E-state index in [-0.39, 0.29) is 17.4 Å². The predicted molar refractivity (Wildman–Crippen MR) is 56.6 cm³/mol. The smallest absolute Gasteiger partial charge is 0.248 e. The molecule has 0 aliphatic carbocycles. The minimum atomic E-state index is -0.166. The van der Waals surface area contributed by atoms with E-state index in [1.54, 1.807) is 17.2 Å². The van der Waals surface area contributed by atoms with Crippen molar-refractivity contribution in [1.29, 1.82) is 0 Å². The molecule has 1 aromatic rings. The zero-order valence-corrected chi connectivity index (χ0v) is 8.27. The molecule has 1 aliphatic heterocycles. The number of amides is 1. The van der Waals surface area contributed by atoms with Gasteiger partial charge in [-0.1, -0.05) is 0 Å². The molecular formula is C10H13N3O2. The number of hydrogen-bond acceptors (Lipinski definition) is 3. The van der Waals surface area contributed by atoms with Crippen LogP contribution in [0.4, 0.5) is 5.69 Å². The number of nitrogens with two attached hydrogens (primary N) is 1. The summed E-state index contributed by atoms with van der Waals surface area (Å²) in [6.07, 6.45) is 2.05. The molecule has 0 radical (unpaired) electrons. The van der Waals surface area contributed by atoms with Gasteiger partial charge in [-0.05, 0) is 18.5 Å². The van der Waals surface area contributed by atoms with Crippen LogP contribution in [0.2, 0.25) is 0 Å². The van der Waals surface area contributed by atoms with E-state index in [1.807, 2.05) is 0 Å². The normalized spacial score (nSPS) is 21.0. The third-order valence-corrected chi connectivity index (χ3v) is 2.62. The van der Waals surface area contributed by atoms with Gasteiger partial charge in [0.05, 0.1) is 5.69 Å². The van der Waals surface area contributed by atoms with Crippen LogP contribution in [-0.2, 0) is 4.79 Å². The molecule has 2 heterocycles. The minimum Gasteiger partial charge on any atom is -0.330 e. The Hall–Kier alpha value is -1.62. The monoisotopic (exact) mass is 207 g/mol. The second-order valence-electron chi connectivity index (χ2n) is 3.72. The van der Waals surface area contributed by atoms with Gasteiger partial charge in [-0.3, -0.25) is 9.59 Å². The number of pyridine rings is 1. The van der Waals surface area contributed by atoms with Crippen LogP contribution in [0, 0.1) is 5.92 Å². The Morgan fingerprint density at radius 1 is 1.47 bits per heavy atom. The van der Waals surface area contributed by atoms with E-state index in [2.05, 4.69) is 4.98 Å². The summed E-state index contributed by atoms with van der Waals surface area (Å²) in [7, 11) is 0. The molecule has 15 heavy (non-hydrogen) atoms. The topological polar surface area (TPSA) is 79.2 Å². The molecule has 1 amide bonds. The van der Waals surface area contributed by atoms with Gasteiger partial charge in [-0.2, -0.15) is 0 Å². The van der Waals surface area contributed by atoms with Crippen LogP contribution in [0.3, 0.4) is 0 Å². The van der Waals surface area contributed by atoms with Crippen LogP contribution in [0.25, 0.3) is 0 Å². The van der Waals surface area contributed by atoms with Gasteiger partial charge in [-0.25, -0.2) is 0 Å². The van der Waals surface area contributed by atoms with Gasteiger partial charge in [-0.15, -0.1) is 0 Å². The number of nitrogens with zero attached hydrogens (tertiary/aromatic N) is 1. The fourth-order valence-electron chi connectivity index (χ4n) is 1.76. The van der Waals surface area contributed by atoms with Crippen molar-refractivity contribution in [1.82, 2.24) is 4.98 Å². The van der Waals surface area contributed by atoms with Crippen molar-refractivity contribution in [3.05, 3.63) is 28.7 Å². The summed E-state index contributed by atoms with van der Waals surface area (Å²) >= 11 is 0. The molecule has 1 fully saturated rings. The van der Waals surface area contributed by atoms with Gasteiger partial charge in [0.25, 0.3) is 0 Å². The zero-order valence-electron chi connectivity index (χ0n) is 8.27. The van der Waals surface area contributed by atoms with Crippen molar-refractivity contribution in [3.8, 4) is 0 Å². The number of nitrogens with one attached hydrogen (secondary N) is 1. The summed E-state index contributed by atoms with van der Waals surface area (Å²) in [5.74, 6) is 0.293. The first kappa shape index (κ1) is 9.92. The van der Waals surface area contributed by atoms with Crippen molar-refractivity contribution < 1.29 is 4.79 Å². The highest BCUT2D eigenvalue weighted by molar-refractivity contribution is 5.95. The van der Waals surface area contributed by atoms with Crippen LogP contribution >= 0.6 is 0 Å². The van der Waals surface area contributed by atoms with Crippen molar-refractivity contribution in [2.75, 3.05) is 18.0 Å². The molecule has 0 spiro atoms. The van der Waals surface area contributed by atoms with E-state index in [4.69, 9.17) is 5.73 Å². The summed E-state index contributed by atoms with van der Waals surface area (Å²) in [4.78, 5) is 26.7. The van der Waals surface area contributed by atoms with Crippen LogP contribution in [0.15, 0.2) is 23.1 Å². The third kappa shape index (κ3) is 1.92. The molecule has 0 aromatic carbocycles. The summed E-state index contributed by atoms with van der Waals surface area (Å²) in [6, 6.07) is 3.06. The van der Waals surface area contributed by atoms with E-state index in [0.717, 1.165) is 5.69 Å². The summed E-state index contributed by atoms with van der Waals surface area (Å²) in [5, 5.41) is 0. The number of rotatable bonds is 2. The van der Waals surface area contributed by atoms with Crippen LogP contribution in [-0.4, -0.2) is 24.0 Å². The molecule has 1 aliphatic rings. The van der Waals surface area contributed by atoms with Gasteiger partial charge in [0, 0.05) is 25.2 Å². The van der Waals surface area contributed by atoms with Crippen LogP contribution in [0.1, 0.15) is 6.42 Å². The van der Waals surface area contributed by atoms with E-state index < -0.39 is 0 Å². The minimum absolute atomic E-state index is 0.0671. The number of anilines is 1. The fraction of sp³-hybridized carbons (Fsp3) is 0.400. The number of carbonyl (C=O) groups excluding carboxylic acids is 1. The zero-order chi connectivity index (χ0) is 10.8. The number of aromatic nitrogens is 1. The highest BCUT2D eigenvalue weighted by Gasteiger charge is 2.29. The lowest BCUT2D eigenvalue weighted by Gasteiger charge is -2.15. The Morgan fingerprint density at radius 3 is 2.80 bits per heavy atom. The van der Waals surface area contributed by atoms with Crippen molar-refractivity contribution in [2.45, 2.75) is 6.42 Å². The molecule has 1 aromatic heterocycles. The molecule has 0 bridgehead atoms. The molecule has 2 rings (SSSR count). The molecule has 1 unspecified atom stereocenters. The number of aromatic amines is 1. The quantitative estimate of drug-likeness (QED) is 0.698. The molecule has 5 heteroatoms. The first-order chi connectivity index (χ1) is 7.20. The Balaban J connectivity index is 2.21. The second-order valence-corrected chi connectivity index (χ2v) is 3.72. The average molecular weight is 207 g/mol. The highest BCUT2D eigenvalue weighted by Crippen LogP contribution is 2.22. The maximum absolute atomic E-state index is 11.6. The SMILES string of the molecule is NCC1CC(=O)N(c2ccc(=O)[nH]c2)C1. The maximum Gasteiger partial charge on any atom is 0.248 e. The van der Waals surface area contributed by atoms with Crippen LogP contribution < -0.4 is 16.2 Å². The molecule has 3 N–H and O–H groups in total. The molecule has 80 valence electrons. The first-order valence-corrected chi connectivity index (χ1v) is 4.90. The van der Waals surface area contributed by atoms with Gasteiger partial charge in [0.1, 0.15) is 0 Å². The van der Waals surface area contributed by atoms with E-state index in [9.17, 15) is 9.59 Å². The molecular weight excluding hydrogens is 194 g/mol. The van der Waals surface area contributed by atoms with Crippen molar-refractivity contribution in [3.63, 3.8) is 0 Å². The lowest BCUT2D eigenvalue weighted by molar-refractivity contribution is -0.117. The lowest BCUT2D eigenvalue weighted by atomic mass is 10.1. The Kier molecular flexibility index (Phi) is 2.55. The standard InChI is InChI=1S/C10H13N3O2/c11-4-7-3-10(15)13(6-7)8-1-2-9(14)12-5-8/h1-2,5,7H,3-4,6,11H2,(H,12,14). The number of hydrogen-bond donors (Lipinski definition) is 2. The van der Waals surface area contributed by atoms with Crippen LogP contribution in [0.5, 0.6) is 0 Å². The highest BCUT2D eigenvalue weighted by atomic mass is 16.2. The maximum atomic E-state index is 11.6. The van der Waals surface area contributed by atoms with E-state index in [1.165, 1.54) is 6.07 Å². The molecule has 1 atom stereocenters. The Morgan fingerprint density at radius 2 is 2.27 bits per heavy atom.